The predicted molar refractivity (Wildman–Crippen MR) is 115 cm³/mol. The van der Waals surface area contributed by atoms with Crippen molar-refractivity contribution in [1.29, 1.82) is 0 Å². The van der Waals surface area contributed by atoms with Gasteiger partial charge >= 0.3 is 5.97 Å². The first-order valence-corrected chi connectivity index (χ1v) is 10.9. The minimum atomic E-state index is -1.16. The Labute approximate surface area is 176 Å². The van der Waals surface area contributed by atoms with Crippen molar-refractivity contribution in [3.8, 4) is 0 Å². The van der Waals surface area contributed by atoms with Crippen LogP contribution in [0.3, 0.4) is 0 Å². The summed E-state index contributed by atoms with van der Waals surface area (Å²) in [4.78, 5) is 25.6. The van der Waals surface area contributed by atoms with Crippen LogP contribution in [0.2, 0.25) is 0 Å². The lowest BCUT2D eigenvalue weighted by Gasteiger charge is -2.34. The van der Waals surface area contributed by atoms with Crippen LogP contribution in [-0.4, -0.2) is 35.7 Å². The van der Waals surface area contributed by atoms with Gasteiger partial charge in [0.05, 0.1) is 18.4 Å². The van der Waals surface area contributed by atoms with Gasteiger partial charge in [-0.2, -0.15) is 0 Å². The van der Waals surface area contributed by atoms with E-state index >= 15 is 0 Å². The zero-order valence-corrected chi connectivity index (χ0v) is 18.9. The summed E-state index contributed by atoms with van der Waals surface area (Å²) >= 11 is 0. The molecule has 0 aliphatic heterocycles. The summed E-state index contributed by atoms with van der Waals surface area (Å²) in [5, 5.41) is 20.3. The Morgan fingerprint density at radius 3 is 2.55 bits per heavy atom. The van der Waals surface area contributed by atoms with Crippen molar-refractivity contribution in [2.75, 3.05) is 13.7 Å². The molecule has 5 heteroatoms. The SMILES string of the molecule is C/C=C\CC[C@H](C(=O)OC)[C@]1(/C(O)=C\CC(C)(C)CCC(C)CO)CCCC1=O. The van der Waals surface area contributed by atoms with Crippen LogP contribution < -0.4 is 0 Å². The van der Waals surface area contributed by atoms with Crippen molar-refractivity contribution in [3.05, 3.63) is 24.0 Å². The number of rotatable bonds is 12. The second kappa shape index (κ2) is 11.5. The van der Waals surface area contributed by atoms with E-state index in [1.165, 1.54) is 7.11 Å². The molecule has 2 N–H and O–H groups in total. The molecule has 1 unspecified atom stereocenters. The largest absolute Gasteiger partial charge is 0.512 e. The summed E-state index contributed by atoms with van der Waals surface area (Å²) in [6, 6.07) is 0. The van der Waals surface area contributed by atoms with Crippen molar-refractivity contribution in [2.45, 2.75) is 79.1 Å². The van der Waals surface area contributed by atoms with E-state index in [0.717, 1.165) is 12.8 Å². The van der Waals surface area contributed by atoms with Crippen LogP contribution in [0.1, 0.15) is 79.1 Å². The second-order valence-electron chi connectivity index (χ2n) is 9.25. The van der Waals surface area contributed by atoms with Gasteiger partial charge in [-0.25, -0.2) is 0 Å². The number of Topliss-reactive ketones (excluding diaryl/α,β-unsaturated/α-hetero) is 1. The number of ether oxygens (including phenoxy) is 1. The standard InChI is InChI=1S/C24H40O5/c1-6-7-8-10-19(22(28)29-5)24(14-9-11-20(24)26)21(27)13-16-23(3,4)15-12-18(2)17-25/h6-7,13,18-19,25,27H,8-12,14-17H2,1-5H3/b7-6-,21-13+/t18?,19-,24-/m1/s1. The number of carbonyl (C=O) groups excluding carboxylic acids is 2. The van der Waals surface area contributed by atoms with Crippen LogP contribution in [0.25, 0.3) is 0 Å². The Morgan fingerprint density at radius 2 is 2.03 bits per heavy atom. The molecule has 1 rings (SSSR count). The van der Waals surface area contributed by atoms with E-state index in [9.17, 15) is 19.8 Å². The van der Waals surface area contributed by atoms with Gasteiger partial charge in [-0.05, 0) is 69.3 Å². The number of aliphatic hydroxyl groups is 2. The predicted octanol–water partition coefficient (Wildman–Crippen LogP) is 5.14. The zero-order chi connectivity index (χ0) is 22.1. The van der Waals surface area contributed by atoms with Gasteiger partial charge in [0.25, 0.3) is 0 Å². The number of aliphatic hydroxyl groups excluding tert-OH is 2. The summed E-state index contributed by atoms with van der Waals surface area (Å²) in [6.45, 7) is 8.34. The third-order valence-corrected chi connectivity index (χ3v) is 6.34. The molecule has 0 bridgehead atoms. The topological polar surface area (TPSA) is 83.8 Å². The third kappa shape index (κ3) is 6.70. The highest BCUT2D eigenvalue weighted by molar-refractivity contribution is 5.94. The average molecular weight is 409 g/mol. The van der Waals surface area contributed by atoms with E-state index in [1.54, 1.807) is 6.08 Å². The van der Waals surface area contributed by atoms with Gasteiger partial charge in [-0.15, -0.1) is 0 Å². The summed E-state index contributed by atoms with van der Waals surface area (Å²) < 4.78 is 5.02. The van der Waals surface area contributed by atoms with Crippen LogP contribution >= 0.6 is 0 Å². The highest BCUT2D eigenvalue weighted by Crippen LogP contribution is 2.49. The molecule has 1 aliphatic rings. The number of carbonyl (C=O) groups is 2. The fourth-order valence-corrected chi connectivity index (χ4v) is 4.23. The summed E-state index contributed by atoms with van der Waals surface area (Å²) in [6.07, 6.45) is 10.7. The Kier molecular flexibility index (Phi) is 10.1. The van der Waals surface area contributed by atoms with E-state index in [-0.39, 0.29) is 29.5 Å². The van der Waals surface area contributed by atoms with Gasteiger partial charge in [0.2, 0.25) is 0 Å². The van der Waals surface area contributed by atoms with Crippen molar-refractivity contribution >= 4 is 11.8 Å². The maximum Gasteiger partial charge on any atom is 0.310 e. The van der Waals surface area contributed by atoms with Crippen LogP contribution in [-0.2, 0) is 14.3 Å². The minimum Gasteiger partial charge on any atom is -0.512 e. The van der Waals surface area contributed by atoms with Gasteiger partial charge in [-0.1, -0.05) is 32.9 Å². The number of hydrogen-bond donors (Lipinski definition) is 2. The normalized spacial score (nSPS) is 22.8. The van der Waals surface area contributed by atoms with Gasteiger partial charge < -0.3 is 14.9 Å². The molecule has 0 saturated heterocycles. The first-order chi connectivity index (χ1) is 13.6. The van der Waals surface area contributed by atoms with Crippen molar-refractivity contribution < 1.29 is 24.5 Å². The summed E-state index contributed by atoms with van der Waals surface area (Å²) in [7, 11) is 1.34. The van der Waals surface area contributed by atoms with E-state index < -0.39 is 17.3 Å². The van der Waals surface area contributed by atoms with Crippen LogP contribution in [0.4, 0.5) is 0 Å². The van der Waals surface area contributed by atoms with E-state index in [0.29, 0.717) is 38.5 Å². The fraction of sp³-hybridized carbons (Fsp3) is 0.750. The molecule has 0 radical (unpaired) electrons. The van der Waals surface area contributed by atoms with Gasteiger partial charge in [0, 0.05) is 13.0 Å². The molecule has 0 heterocycles. The third-order valence-electron chi connectivity index (χ3n) is 6.34. The Hall–Kier alpha value is -1.62. The quantitative estimate of drug-likeness (QED) is 0.265. The first-order valence-electron chi connectivity index (χ1n) is 10.9. The van der Waals surface area contributed by atoms with E-state index in [2.05, 4.69) is 13.8 Å². The molecule has 166 valence electrons. The number of methoxy groups -OCH3 is 1. The number of allylic oxidation sites excluding steroid dienone is 4. The lowest BCUT2D eigenvalue weighted by molar-refractivity contribution is -0.154. The smallest absolute Gasteiger partial charge is 0.310 e. The molecule has 5 nitrogen and oxygen atoms in total. The van der Waals surface area contributed by atoms with Crippen LogP contribution in [0.5, 0.6) is 0 Å². The van der Waals surface area contributed by atoms with Crippen molar-refractivity contribution in [1.82, 2.24) is 0 Å². The lowest BCUT2D eigenvalue weighted by Crippen LogP contribution is -2.42. The van der Waals surface area contributed by atoms with Gasteiger partial charge in [0.1, 0.15) is 11.5 Å². The van der Waals surface area contributed by atoms with Gasteiger partial charge in [-0.3, -0.25) is 9.59 Å². The molecule has 0 aromatic rings. The number of ketones is 1. The summed E-state index contributed by atoms with van der Waals surface area (Å²) in [5.74, 6) is -0.897. The molecule has 29 heavy (non-hydrogen) atoms. The highest BCUT2D eigenvalue weighted by Gasteiger charge is 2.54. The van der Waals surface area contributed by atoms with Crippen LogP contribution in [0, 0.1) is 22.7 Å². The zero-order valence-electron chi connectivity index (χ0n) is 18.9. The maximum absolute atomic E-state index is 13.0. The Balaban J connectivity index is 3.12. The molecule has 1 aliphatic carbocycles. The van der Waals surface area contributed by atoms with Crippen molar-refractivity contribution in [3.63, 3.8) is 0 Å². The summed E-state index contributed by atoms with van der Waals surface area (Å²) in [5.41, 5.74) is -1.24. The van der Waals surface area contributed by atoms with E-state index in [1.807, 2.05) is 26.0 Å². The number of hydrogen-bond acceptors (Lipinski definition) is 5. The van der Waals surface area contributed by atoms with E-state index in [4.69, 9.17) is 4.74 Å². The Morgan fingerprint density at radius 1 is 1.34 bits per heavy atom. The molecule has 0 amide bonds. The van der Waals surface area contributed by atoms with Crippen LogP contribution in [0.15, 0.2) is 24.0 Å². The monoisotopic (exact) mass is 408 g/mol. The molecular weight excluding hydrogens is 368 g/mol. The molecule has 1 saturated carbocycles. The fourth-order valence-electron chi connectivity index (χ4n) is 4.23. The lowest BCUT2D eigenvalue weighted by atomic mass is 9.68. The molecule has 1 fully saturated rings. The molecule has 0 aromatic carbocycles. The Bertz CT molecular complexity index is 604. The number of esters is 1. The van der Waals surface area contributed by atoms with Crippen molar-refractivity contribution in [2.24, 2.45) is 22.7 Å². The second-order valence-corrected chi connectivity index (χ2v) is 9.25. The minimum absolute atomic E-state index is 0.0270. The molecule has 0 spiro atoms. The molecule has 3 atom stereocenters. The first kappa shape index (κ1) is 25.4. The average Bonchev–Trinajstić information content (AvgIpc) is 3.09. The molecule has 0 aromatic heterocycles. The molecular formula is C24H40O5. The van der Waals surface area contributed by atoms with Gasteiger partial charge in [0.15, 0.2) is 0 Å². The maximum atomic E-state index is 13.0. The highest BCUT2D eigenvalue weighted by atomic mass is 16.5.